The number of benzene rings is 1. The maximum Gasteiger partial charge on any atom is 0.138 e. The van der Waals surface area contributed by atoms with Crippen LogP contribution in [0.1, 0.15) is 18.8 Å². The number of imidazole rings is 1. The second-order valence-corrected chi connectivity index (χ2v) is 7.28. The highest BCUT2D eigenvalue weighted by atomic mass is 127. The molecule has 0 amide bonds. The Morgan fingerprint density at radius 3 is 2.84 bits per heavy atom. The fraction of sp³-hybridized carbons (Fsp3) is 0.417. The Balaban J connectivity index is 2.62. The van der Waals surface area contributed by atoms with E-state index in [9.17, 15) is 8.60 Å². The summed E-state index contributed by atoms with van der Waals surface area (Å²) in [6.45, 7) is 1.94. The van der Waals surface area contributed by atoms with Crippen molar-refractivity contribution >= 4 is 56.0 Å². The van der Waals surface area contributed by atoms with Gasteiger partial charge in [-0.25, -0.2) is 9.37 Å². The zero-order valence-electron chi connectivity index (χ0n) is 10.5. The lowest BCUT2D eigenvalue weighted by atomic mass is 10.3. The van der Waals surface area contributed by atoms with Crippen LogP contribution < -0.4 is 0 Å². The molecule has 2 rings (SSSR count). The van der Waals surface area contributed by atoms with E-state index in [0.717, 1.165) is 5.52 Å². The largest absolute Gasteiger partial charge is 0.323 e. The molecule has 0 spiro atoms. The summed E-state index contributed by atoms with van der Waals surface area (Å²) >= 11 is 7.85. The van der Waals surface area contributed by atoms with Crippen molar-refractivity contribution in [2.45, 2.75) is 18.8 Å². The molecule has 0 N–H and O–H groups in total. The third-order valence-corrected chi connectivity index (χ3v) is 4.86. The molecule has 0 saturated heterocycles. The molecule has 7 heteroatoms. The molecule has 1 aromatic carbocycles. The summed E-state index contributed by atoms with van der Waals surface area (Å²) in [6.07, 6.45) is 1.65. The van der Waals surface area contributed by atoms with Crippen molar-refractivity contribution in [2.24, 2.45) is 0 Å². The monoisotopic (exact) mass is 414 g/mol. The Hall–Kier alpha value is -0.210. The molecule has 19 heavy (non-hydrogen) atoms. The summed E-state index contributed by atoms with van der Waals surface area (Å²) in [4.78, 5) is 4.42. The standard InChI is InChI=1S/C12H13ClFIN2OS/c1-7(6-19(2)18)17-11-3-8(14)9(15)4-10(11)16-12(17)5-13/h3-4,7H,5-6H2,1-2H3. The Morgan fingerprint density at radius 1 is 1.58 bits per heavy atom. The van der Waals surface area contributed by atoms with Gasteiger partial charge in [-0.2, -0.15) is 0 Å². The molecule has 0 saturated carbocycles. The second-order valence-electron chi connectivity index (χ2n) is 4.38. The minimum absolute atomic E-state index is 0.0379. The number of alkyl halides is 1. The third-order valence-electron chi connectivity index (χ3n) is 2.84. The molecule has 0 aliphatic rings. The van der Waals surface area contributed by atoms with Crippen LogP contribution in [0.2, 0.25) is 0 Å². The molecule has 104 valence electrons. The minimum Gasteiger partial charge on any atom is -0.323 e. The Kier molecular flexibility index (Phi) is 4.84. The van der Waals surface area contributed by atoms with E-state index in [1.165, 1.54) is 6.07 Å². The maximum absolute atomic E-state index is 13.7. The highest BCUT2D eigenvalue weighted by molar-refractivity contribution is 14.1. The van der Waals surface area contributed by atoms with Gasteiger partial charge in [-0.15, -0.1) is 11.6 Å². The predicted octanol–water partition coefficient (Wildman–Crippen LogP) is 3.46. The van der Waals surface area contributed by atoms with Crippen molar-refractivity contribution in [3.63, 3.8) is 0 Å². The summed E-state index contributed by atoms with van der Waals surface area (Å²) < 4.78 is 27.5. The first kappa shape index (κ1) is 15.2. The molecule has 0 aliphatic heterocycles. The van der Waals surface area contributed by atoms with Crippen LogP contribution in [0.4, 0.5) is 4.39 Å². The van der Waals surface area contributed by atoms with Crippen LogP contribution in [0.3, 0.4) is 0 Å². The molecule has 0 aliphatic carbocycles. The van der Waals surface area contributed by atoms with E-state index in [1.54, 1.807) is 12.3 Å². The number of nitrogens with zero attached hydrogens (tertiary/aromatic N) is 2. The van der Waals surface area contributed by atoms with E-state index >= 15 is 0 Å². The van der Waals surface area contributed by atoms with Gasteiger partial charge >= 0.3 is 0 Å². The Morgan fingerprint density at radius 2 is 2.26 bits per heavy atom. The number of rotatable bonds is 4. The molecule has 3 nitrogen and oxygen atoms in total. The summed E-state index contributed by atoms with van der Waals surface area (Å²) in [5.41, 5.74) is 1.42. The van der Waals surface area contributed by atoms with Crippen LogP contribution in [-0.2, 0) is 16.7 Å². The van der Waals surface area contributed by atoms with Gasteiger partial charge in [0.15, 0.2) is 0 Å². The lowest BCUT2D eigenvalue weighted by Crippen LogP contribution is -2.15. The third kappa shape index (κ3) is 3.11. The van der Waals surface area contributed by atoms with Crippen LogP contribution in [0, 0.1) is 9.39 Å². The number of fused-ring (bicyclic) bond motifs is 1. The maximum atomic E-state index is 13.7. The van der Waals surface area contributed by atoms with E-state index in [0.29, 0.717) is 20.7 Å². The van der Waals surface area contributed by atoms with E-state index in [1.807, 2.05) is 34.1 Å². The number of hydrogen-bond donors (Lipinski definition) is 0. The van der Waals surface area contributed by atoms with Gasteiger partial charge in [0.1, 0.15) is 11.6 Å². The molecular formula is C12H13ClFIN2OS. The van der Waals surface area contributed by atoms with Crippen LogP contribution in [0.15, 0.2) is 12.1 Å². The molecule has 0 radical (unpaired) electrons. The molecular weight excluding hydrogens is 402 g/mol. The first-order valence-electron chi connectivity index (χ1n) is 5.66. The zero-order chi connectivity index (χ0) is 14.2. The topological polar surface area (TPSA) is 34.9 Å². The van der Waals surface area contributed by atoms with Crippen LogP contribution in [0.25, 0.3) is 11.0 Å². The highest BCUT2D eigenvalue weighted by Crippen LogP contribution is 2.26. The van der Waals surface area contributed by atoms with Crippen molar-refractivity contribution in [3.05, 3.63) is 27.3 Å². The average Bonchev–Trinajstić information content (AvgIpc) is 2.66. The van der Waals surface area contributed by atoms with Gasteiger partial charge < -0.3 is 4.57 Å². The molecule has 0 fully saturated rings. The van der Waals surface area contributed by atoms with Gasteiger partial charge in [-0.05, 0) is 35.6 Å². The van der Waals surface area contributed by atoms with Crippen molar-refractivity contribution in [1.29, 1.82) is 0 Å². The number of halogens is 3. The molecule has 2 aromatic rings. The Bertz CT molecular complexity index is 646. The molecule has 1 aromatic heterocycles. The van der Waals surface area contributed by atoms with Crippen molar-refractivity contribution in [2.75, 3.05) is 12.0 Å². The van der Waals surface area contributed by atoms with E-state index < -0.39 is 10.8 Å². The summed E-state index contributed by atoms with van der Waals surface area (Å²) in [5, 5.41) is 0. The molecule has 2 unspecified atom stereocenters. The van der Waals surface area contributed by atoms with E-state index in [4.69, 9.17) is 11.6 Å². The lowest BCUT2D eigenvalue weighted by Gasteiger charge is -2.15. The van der Waals surface area contributed by atoms with Gasteiger partial charge in [0.25, 0.3) is 0 Å². The van der Waals surface area contributed by atoms with Gasteiger partial charge in [-0.1, -0.05) is 0 Å². The second kappa shape index (κ2) is 6.05. The van der Waals surface area contributed by atoms with Gasteiger partial charge in [0.05, 0.1) is 20.5 Å². The normalized spacial score (nSPS) is 14.8. The highest BCUT2D eigenvalue weighted by Gasteiger charge is 2.18. The summed E-state index contributed by atoms with van der Waals surface area (Å²) in [5.74, 6) is 1.13. The van der Waals surface area contributed by atoms with Crippen molar-refractivity contribution in [1.82, 2.24) is 9.55 Å². The Labute approximate surface area is 132 Å². The zero-order valence-corrected chi connectivity index (χ0v) is 14.2. The van der Waals surface area contributed by atoms with E-state index in [2.05, 4.69) is 4.98 Å². The fourth-order valence-corrected chi connectivity index (χ4v) is 3.61. The van der Waals surface area contributed by atoms with Crippen LogP contribution >= 0.6 is 34.2 Å². The smallest absolute Gasteiger partial charge is 0.138 e. The van der Waals surface area contributed by atoms with Gasteiger partial charge in [0, 0.05) is 34.9 Å². The average molecular weight is 415 g/mol. The van der Waals surface area contributed by atoms with Crippen LogP contribution in [0.5, 0.6) is 0 Å². The minimum atomic E-state index is -0.930. The number of aromatic nitrogens is 2. The lowest BCUT2D eigenvalue weighted by molar-refractivity contribution is 0.590. The fourth-order valence-electron chi connectivity index (χ4n) is 2.14. The molecule has 0 bridgehead atoms. The van der Waals surface area contributed by atoms with Gasteiger partial charge in [0.2, 0.25) is 0 Å². The van der Waals surface area contributed by atoms with Gasteiger partial charge in [-0.3, -0.25) is 4.21 Å². The van der Waals surface area contributed by atoms with Crippen molar-refractivity contribution < 1.29 is 8.60 Å². The SMILES string of the molecule is CC(CS(C)=O)n1c(CCl)nc2cc(I)c(F)cc21. The molecule has 1 heterocycles. The number of hydrogen-bond acceptors (Lipinski definition) is 2. The summed E-state index contributed by atoms with van der Waals surface area (Å²) in [7, 11) is -0.930. The predicted molar refractivity (Wildman–Crippen MR) is 85.6 cm³/mol. The first-order valence-corrected chi connectivity index (χ1v) is 9.00. The van der Waals surface area contributed by atoms with E-state index in [-0.39, 0.29) is 17.7 Å². The molecule has 2 atom stereocenters. The quantitative estimate of drug-likeness (QED) is 0.567. The summed E-state index contributed by atoms with van der Waals surface area (Å²) in [6, 6.07) is 3.13. The van der Waals surface area contributed by atoms with Crippen molar-refractivity contribution in [3.8, 4) is 0 Å². The first-order chi connectivity index (χ1) is 8.93. The van der Waals surface area contributed by atoms with Crippen LogP contribution in [-0.4, -0.2) is 25.8 Å².